The van der Waals surface area contributed by atoms with Gasteiger partial charge in [-0.25, -0.2) is 8.42 Å². The van der Waals surface area contributed by atoms with Crippen molar-refractivity contribution in [3.05, 3.63) is 0 Å². The van der Waals surface area contributed by atoms with Gasteiger partial charge in [-0.2, -0.15) is 0 Å². The van der Waals surface area contributed by atoms with E-state index in [9.17, 15) is 13.2 Å². The second-order valence-electron chi connectivity index (χ2n) is 4.24. The number of nitrogens with one attached hydrogen (secondary N) is 1. The number of likely N-dealkylation sites (tertiary alicyclic amines) is 1. The Bertz CT molecular complexity index is 433. The fourth-order valence-electron chi connectivity index (χ4n) is 1.67. The molecule has 1 saturated heterocycles. The number of aliphatic imine (C=N–C) groups is 1. The number of guanidine groups is 1. The molecule has 0 spiro atoms. The molecule has 1 atom stereocenters. The van der Waals surface area contributed by atoms with Crippen molar-refractivity contribution in [1.29, 1.82) is 0 Å². The topological polar surface area (TPSA) is 131 Å². The molecular formula is C9H20ClN5O3S. The molecule has 10 heteroatoms. The van der Waals surface area contributed by atoms with E-state index in [2.05, 4.69) is 4.99 Å². The van der Waals surface area contributed by atoms with Crippen molar-refractivity contribution in [3.8, 4) is 0 Å². The van der Waals surface area contributed by atoms with E-state index in [0.717, 1.165) is 19.1 Å². The Labute approximate surface area is 119 Å². The number of carbonyl (C=O) groups is 1. The quantitative estimate of drug-likeness (QED) is 0.417. The molecule has 1 heterocycles. The van der Waals surface area contributed by atoms with Crippen molar-refractivity contribution in [2.24, 2.45) is 16.5 Å². The molecule has 1 amide bonds. The van der Waals surface area contributed by atoms with Crippen LogP contribution in [-0.2, 0) is 14.8 Å². The third kappa shape index (κ3) is 6.60. The van der Waals surface area contributed by atoms with E-state index in [4.69, 9.17) is 11.5 Å². The highest BCUT2D eigenvalue weighted by molar-refractivity contribution is 7.89. The van der Waals surface area contributed by atoms with Crippen LogP contribution in [0.3, 0.4) is 0 Å². The van der Waals surface area contributed by atoms with Gasteiger partial charge in [0.2, 0.25) is 21.9 Å². The smallest absolute Gasteiger partial charge is 0.241 e. The third-order valence-electron chi connectivity index (χ3n) is 2.48. The Balaban J connectivity index is 0.00000324. The number of hydrogen-bond acceptors (Lipinski definition) is 5. The van der Waals surface area contributed by atoms with E-state index in [1.807, 2.05) is 4.72 Å². The van der Waals surface area contributed by atoms with E-state index in [0.29, 0.717) is 13.1 Å². The molecule has 19 heavy (non-hydrogen) atoms. The van der Waals surface area contributed by atoms with Gasteiger partial charge in [0, 0.05) is 13.1 Å². The van der Waals surface area contributed by atoms with Gasteiger partial charge in [0.1, 0.15) is 6.04 Å². The van der Waals surface area contributed by atoms with Gasteiger partial charge >= 0.3 is 0 Å². The summed E-state index contributed by atoms with van der Waals surface area (Å²) >= 11 is 0. The lowest BCUT2D eigenvalue weighted by molar-refractivity contribution is -0.131. The average Bonchev–Trinajstić information content (AvgIpc) is 2.75. The van der Waals surface area contributed by atoms with Crippen LogP contribution in [0.25, 0.3) is 0 Å². The first-order valence-electron chi connectivity index (χ1n) is 5.61. The number of sulfonamides is 1. The molecule has 0 bridgehead atoms. The summed E-state index contributed by atoms with van der Waals surface area (Å²) in [5.41, 5.74) is 11.0. The van der Waals surface area contributed by atoms with Crippen molar-refractivity contribution in [2.45, 2.75) is 18.9 Å². The van der Waals surface area contributed by atoms with Crippen molar-refractivity contribution < 1.29 is 13.2 Å². The zero-order chi connectivity index (χ0) is 13.8. The molecule has 1 rings (SSSR count). The highest BCUT2D eigenvalue weighted by atomic mass is 35.5. The van der Waals surface area contributed by atoms with Crippen LogP contribution < -0.4 is 16.2 Å². The van der Waals surface area contributed by atoms with Gasteiger partial charge in [-0.3, -0.25) is 14.5 Å². The number of nitrogens with zero attached hydrogens (tertiary/aromatic N) is 2. The van der Waals surface area contributed by atoms with E-state index in [1.54, 1.807) is 4.90 Å². The van der Waals surface area contributed by atoms with Gasteiger partial charge in [-0.1, -0.05) is 0 Å². The van der Waals surface area contributed by atoms with E-state index in [-0.39, 0.29) is 30.8 Å². The largest absolute Gasteiger partial charge is 0.369 e. The molecular weight excluding hydrogens is 294 g/mol. The van der Waals surface area contributed by atoms with E-state index in [1.165, 1.54) is 0 Å². The van der Waals surface area contributed by atoms with Gasteiger partial charge in [-0.05, 0) is 12.8 Å². The second-order valence-corrected chi connectivity index (χ2v) is 5.99. The molecule has 0 aromatic rings. The predicted molar refractivity (Wildman–Crippen MR) is 75.5 cm³/mol. The molecule has 1 fully saturated rings. The summed E-state index contributed by atoms with van der Waals surface area (Å²) in [7, 11) is -3.45. The summed E-state index contributed by atoms with van der Waals surface area (Å²) in [6, 6.07) is -0.789. The summed E-state index contributed by atoms with van der Waals surface area (Å²) in [5.74, 6) is -0.439. The van der Waals surface area contributed by atoms with Crippen LogP contribution in [0.5, 0.6) is 0 Å². The molecule has 112 valence electrons. The van der Waals surface area contributed by atoms with Gasteiger partial charge in [0.05, 0.1) is 12.8 Å². The Morgan fingerprint density at radius 1 is 1.42 bits per heavy atom. The lowest BCUT2D eigenvalue weighted by Gasteiger charge is -2.19. The number of halogens is 1. The zero-order valence-corrected chi connectivity index (χ0v) is 12.3. The number of hydrogen-bond donors (Lipinski definition) is 3. The Hall–Kier alpha value is -1.06. The van der Waals surface area contributed by atoms with Crippen molar-refractivity contribution in [1.82, 2.24) is 9.62 Å². The van der Waals surface area contributed by atoms with Gasteiger partial charge in [-0.15, -0.1) is 12.4 Å². The molecule has 0 saturated carbocycles. The molecule has 5 N–H and O–H groups in total. The van der Waals surface area contributed by atoms with Crippen LogP contribution in [0, 0.1) is 0 Å². The normalized spacial score (nSPS) is 17.8. The van der Waals surface area contributed by atoms with E-state index < -0.39 is 16.1 Å². The highest BCUT2D eigenvalue weighted by Crippen LogP contribution is 2.08. The Morgan fingerprint density at radius 2 is 1.95 bits per heavy atom. The van der Waals surface area contributed by atoms with Crippen molar-refractivity contribution >= 4 is 34.3 Å². The highest BCUT2D eigenvalue weighted by Gasteiger charge is 2.23. The van der Waals surface area contributed by atoms with Crippen LogP contribution in [0.1, 0.15) is 12.8 Å². The summed E-state index contributed by atoms with van der Waals surface area (Å²) < 4.78 is 23.7. The molecule has 1 aliphatic heterocycles. The maximum atomic E-state index is 11.8. The maximum Gasteiger partial charge on any atom is 0.241 e. The molecule has 0 unspecified atom stereocenters. The van der Waals surface area contributed by atoms with Gasteiger partial charge < -0.3 is 16.4 Å². The monoisotopic (exact) mass is 313 g/mol. The molecule has 1 aliphatic rings. The number of carbonyl (C=O) groups excluding carboxylic acids is 1. The fraction of sp³-hybridized carbons (Fsp3) is 0.778. The molecule has 8 nitrogen and oxygen atoms in total. The van der Waals surface area contributed by atoms with Crippen LogP contribution in [0.15, 0.2) is 4.99 Å². The third-order valence-corrected chi connectivity index (χ3v) is 3.06. The van der Waals surface area contributed by atoms with Crippen molar-refractivity contribution in [2.75, 3.05) is 25.9 Å². The van der Waals surface area contributed by atoms with Crippen LogP contribution >= 0.6 is 12.4 Å². The average molecular weight is 314 g/mol. The number of amides is 1. The first-order valence-corrected chi connectivity index (χ1v) is 7.51. The summed E-state index contributed by atoms with van der Waals surface area (Å²) in [4.78, 5) is 17.2. The minimum absolute atomic E-state index is 0. The fourth-order valence-corrected chi connectivity index (χ4v) is 2.11. The Morgan fingerprint density at radius 3 is 2.42 bits per heavy atom. The van der Waals surface area contributed by atoms with Crippen LogP contribution in [-0.4, -0.2) is 57.1 Å². The first-order chi connectivity index (χ1) is 8.29. The summed E-state index contributed by atoms with van der Waals surface area (Å²) in [5, 5.41) is 0. The Kier molecular flexibility index (Phi) is 7.09. The molecule has 0 radical (unpaired) electrons. The predicted octanol–water partition coefficient (Wildman–Crippen LogP) is -1.78. The summed E-state index contributed by atoms with van der Waals surface area (Å²) in [6.45, 7) is 1.39. The molecule has 0 aliphatic carbocycles. The minimum atomic E-state index is -3.45. The lowest BCUT2D eigenvalue weighted by atomic mass is 10.3. The standard InChI is InChI=1S/C9H19N5O3S.ClH/c1-18(16,17)13-9(11)12-6-7(10)8(15)14-4-2-3-5-14;/h7H,2-6,10H2,1H3,(H3,11,12,13);1H/t7-;/m0./s1. The SMILES string of the molecule is CS(=O)(=O)NC(N)=NC[C@H](N)C(=O)N1CCCC1.Cl. The van der Waals surface area contributed by atoms with Crippen molar-refractivity contribution in [3.63, 3.8) is 0 Å². The zero-order valence-electron chi connectivity index (χ0n) is 10.7. The van der Waals surface area contributed by atoms with Crippen LogP contribution in [0.4, 0.5) is 0 Å². The van der Waals surface area contributed by atoms with Gasteiger partial charge in [0.15, 0.2) is 0 Å². The molecule has 0 aromatic heterocycles. The van der Waals surface area contributed by atoms with E-state index >= 15 is 0 Å². The number of rotatable bonds is 4. The summed E-state index contributed by atoms with van der Waals surface area (Å²) in [6.07, 6.45) is 2.93. The maximum absolute atomic E-state index is 11.8. The lowest BCUT2D eigenvalue weighted by Crippen LogP contribution is -2.45. The van der Waals surface area contributed by atoms with Gasteiger partial charge in [0.25, 0.3) is 0 Å². The first kappa shape index (κ1) is 17.9. The number of nitrogens with two attached hydrogens (primary N) is 2. The second kappa shape index (κ2) is 7.51. The molecule has 0 aromatic carbocycles. The van der Waals surface area contributed by atoms with Crippen LogP contribution in [0.2, 0.25) is 0 Å². The minimum Gasteiger partial charge on any atom is -0.369 e.